The summed E-state index contributed by atoms with van der Waals surface area (Å²) in [6, 6.07) is -0.364. The highest BCUT2D eigenvalue weighted by Crippen LogP contribution is 2.28. The summed E-state index contributed by atoms with van der Waals surface area (Å²) < 4.78 is 5.40. The quantitative estimate of drug-likeness (QED) is 0.864. The van der Waals surface area contributed by atoms with Crippen LogP contribution in [0.5, 0.6) is 0 Å². The second kappa shape index (κ2) is 6.02. The molecule has 1 saturated heterocycles. The topological polar surface area (TPSA) is 58.6 Å². The van der Waals surface area contributed by atoms with E-state index in [1.165, 1.54) is 12.8 Å². The summed E-state index contributed by atoms with van der Waals surface area (Å²) in [6.45, 7) is 6.89. The number of hydrogen-bond acceptors (Lipinski definition) is 3. The van der Waals surface area contributed by atoms with E-state index >= 15 is 0 Å². The number of amides is 2. The Morgan fingerprint density at radius 2 is 1.90 bits per heavy atom. The molecule has 1 atom stereocenters. The van der Waals surface area contributed by atoms with Gasteiger partial charge in [0.25, 0.3) is 0 Å². The van der Waals surface area contributed by atoms with Crippen molar-refractivity contribution >= 4 is 12.0 Å². The second-order valence-electron chi connectivity index (χ2n) is 6.87. The van der Waals surface area contributed by atoms with Crippen LogP contribution in [0.25, 0.3) is 0 Å². The van der Waals surface area contributed by atoms with Gasteiger partial charge in [-0.05, 0) is 58.8 Å². The van der Waals surface area contributed by atoms with Gasteiger partial charge in [0, 0.05) is 13.1 Å². The van der Waals surface area contributed by atoms with E-state index < -0.39 is 5.60 Å². The molecule has 1 aliphatic heterocycles. The Labute approximate surface area is 121 Å². The van der Waals surface area contributed by atoms with E-state index in [4.69, 9.17) is 4.74 Å². The molecular weight excluding hydrogens is 256 g/mol. The van der Waals surface area contributed by atoms with Crippen LogP contribution < -0.4 is 5.32 Å². The Bertz CT molecular complexity index is 372. The lowest BCUT2D eigenvalue weighted by Crippen LogP contribution is -2.53. The molecule has 5 nitrogen and oxygen atoms in total. The summed E-state index contributed by atoms with van der Waals surface area (Å²) in [7, 11) is 0. The third-order valence-electron chi connectivity index (χ3n) is 3.70. The van der Waals surface area contributed by atoms with Crippen LogP contribution in [0.3, 0.4) is 0 Å². The van der Waals surface area contributed by atoms with Crippen LogP contribution in [-0.4, -0.2) is 41.6 Å². The summed E-state index contributed by atoms with van der Waals surface area (Å²) in [5, 5.41) is 2.97. The fraction of sp³-hybridized carbons (Fsp3) is 0.867. The van der Waals surface area contributed by atoms with E-state index in [1.54, 1.807) is 4.90 Å². The lowest BCUT2D eigenvalue weighted by molar-refractivity contribution is -0.127. The Kier molecular flexibility index (Phi) is 4.55. The normalized spacial score (nSPS) is 23.4. The highest BCUT2D eigenvalue weighted by atomic mass is 16.6. The lowest BCUT2D eigenvalue weighted by atomic mass is 10.0. The number of hydrogen-bond donors (Lipinski definition) is 1. The van der Waals surface area contributed by atoms with Crippen LogP contribution >= 0.6 is 0 Å². The number of carbonyl (C=O) groups is 2. The van der Waals surface area contributed by atoms with Gasteiger partial charge >= 0.3 is 6.09 Å². The molecule has 0 spiro atoms. The predicted molar refractivity (Wildman–Crippen MR) is 76.3 cm³/mol. The number of piperidine rings is 1. The Morgan fingerprint density at radius 1 is 1.20 bits per heavy atom. The predicted octanol–water partition coefficient (Wildman–Crippen LogP) is 2.30. The van der Waals surface area contributed by atoms with E-state index in [9.17, 15) is 9.59 Å². The molecule has 2 fully saturated rings. The maximum Gasteiger partial charge on any atom is 0.410 e. The molecule has 2 aliphatic rings. The van der Waals surface area contributed by atoms with Crippen LogP contribution in [-0.2, 0) is 9.53 Å². The van der Waals surface area contributed by atoms with Crippen molar-refractivity contribution in [2.45, 2.75) is 64.5 Å². The van der Waals surface area contributed by atoms with Gasteiger partial charge in [-0.1, -0.05) is 0 Å². The van der Waals surface area contributed by atoms with Gasteiger partial charge in [-0.3, -0.25) is 9.69 Å². The van der Waals surface area contributed by atoms with Gasteiger partial charge in [-0.2, -0.15) is 0 Å². The van der Waals surface area contributed by atoms with Crippen molar-refractivity contribution < 1.29 is 14.3 Å². The molecule has 5 heteroatoms. The zero-order chi connectivity index (χ0) is 14.8. The number of carbonyl (C=O) groups excluding carboxylic acids is 2. The van der Waals surface area contributed by atoms with Crippen LogP contribution in [0, 0.1) is 5.92 Å². The first-order valence-corrected chi connectivity index (χ1v) is 7.64. The maximum atomic E-state index is 12.3. The van der Waals surface area contributed by atoms with Gasteiger partial charge in [0.15, 0.2) is 0 Å². The highest BCUT2D eigenvalue weighted by molar-refractivity contribution is 5.85. The second-order valence-corrected chi connectivity index (χ2v) is 6.87. The van der Waals surface area contributed by atoms with Crippen LogP contribution in [0.1, 0.15) is 52.9 Å². The van der Waals surface area contributed by atoms with Crippen LogP contribution in [0.4, 0.5) is 4.79 Å². The third kappa shape index (κ3) is 4.39. The minimum Gasteiger partial charge on any atom is -0.444 e. The van der Waals surface area contributed by atoms with E-state index in [-0.39, 0.29) is 18.0 Å². The molecule has 0 aromatic heterocycles. The van der Waals surface area contributed by atoms with Crippen molar-refractivity contribution in [3.8, 4) is 0 Å². The molecule has 0 radical (unpaired) electrons. The van der Waals surface area contributed by atoms with Crippen molar-refractivity contribution in [2.75, 3.05) is 13.1 Å². The first-order valence-electron chi connectivity index (χ1n) is 7.64. The number of rotatable bonds is 3. The van der Waals surface area contributed by atoms with Gasteiger partial charge in [0.05, 0.1) is 0 Å². The van der Waals surface area contributed by atoms with Gasteiger partial charge in [0.1, 0.15) is 11.6 Å². The van der Waals surface area contributed by atoms with Gasteiger partial charge < -0.3 is 10.1 Å². The molecular formula is C15H26N2O3. The summed E-state index contributed by atoms with van der Waals surface area (Å²) >= 11 is 0. The number of nitrogens with one attached hydrogen (secondary N) is 1. The number of ether oxygens (including phenoxy) is 1. The average molecular weight is 282 g/mol. The van der Waals surface area contributed by atoms with E-state index in [0.29, 0.717) is 12.5 Å². The standard InChI is InChI=1S/C15H26N2O3/c1-15(2,3)20-14(19)17-9-5-4-6-12(17)13(18)16-10-11-7-8-11/h11-12H,4-10H2,1-3H3,(H,16,18)/t12-/m0/s1. The van der Waals surface area contributed by atoms with Crippen molar-refractivity contribution in [3.05, 3.63) is 0 Å². The molecule has 0 bridgehead atoms. The minimum atomic E-state index is -0.524. The summed E-state index contributed by atoms with van der Waals surface area (Å²) in [6.07, 6.45) is 4.70. The molecule has 1 N–H and O–H groups in total. The van der Waals surface area contributed by atoms with E-state index in [0.717, 1.165) is 25.8 Å². The molecule has 1 aliphatic carbocycles. The molecule has 0 aromatic carbocycles. The first-order chi connectivity index (χ1) is 9.37. The fourth-order valence-electron chi connectivity index (χ4n) is 2.43. The lowest BCUT2D eigenvalue weighted by Gasteiger charge is -2.35. The minimum absolute atomic E-state index is 0.0255. The van der Waals surface area contributed by atoms with Crippen molar-refractivity contribution in [1.82, 2.24) is 10.2 Å². The fourth-order valence-corrected chi connectivity index (χ4v) is 2.43. The molecule has 0 aromatic rings. The van der Waals surface area contributed by atoms with Crippen molar-refractivity contribution in [3.63, 3.8) is 0 Å². The van der Waals surface area contributed by atoms with Crippen molar-refractivity contribution in [1.29, 1.82) is 0 Å². The summed E-state index contributed by atoms with van der Waals surface area (Å²) in [5.74, 6) is 0.625. The molecule has 1 saturated carbocycles. The number of nitrogens with zero attached hydrogens (tertiary/aromatic N) is 1. The molecule has 2 amide bonds. The van der Waals surface area contributed by atoms with Crippen molar-refractivity contribution in [2.24, 2.45) is 5.92 Å². The molecule has 114 valence electrons. The zero-order valence-electron chi connectivity index (χ0n) is 12.8. The maximum absolute atomic E-state index is 12.3. The van der Waals surface area contributed by atoms with Gasteiger partial charge in [-0.25, -0.2) is 4.79 Å². The van der Waals surface area contributed by atoms with Gasteiger partial charge in [-0.15, -0.1) is 0 Å². The monoisotopic (exact) mass is 282 g/mol. The Balaban J connectivity index is 1.92. The van der Waals surface area contributed by atoms with Crippen LogP contribution in [0.2, 0.25) is 0 Å². The zero-order valence-corrected chi connectivity index (χ0v) is 12.8. The van der Waals surface area contributed by atoms with E-state index in [1.807, 2.05) is 20.8 Å². The number of likely N-dealkylation sites (tertiary alicyclic amines) is 1. The molecule has 1 heterocycles. The largest absolute Gasteiger partial charge is 0.444 e. The average Bonchev–Trinajstić information content (AvgIpc) is 3.18. The Hall–Kier alpha value is -1.26. The van der Waals surface area contributed by atoms with E-state index in [2.05, 4.69) is 5.32 Å². The first kappa shape index (κ1) is 15.1. The van der Waals surface area contributed by atoms with Gasteiger partial charge in [0.2, 0.25) is 5.91 Å². The third-order valence-corrected chi connectivity index (χ3v) is 3.70. The molecule has 0 unspecified atom stereocenters. The molecule has 2 rings (SSSR count). The summed E-state index contributed by atoms with van der Waals surface area (Å²) in [5.41, 5.74) is -0.524. The summed E-state index contributed by atoms with van der Waals surface area (Å²) in [4.78, 5) is 26.0. The smallest absolute Gasteiger partial charge is 0.410 e. The van der Waals surface area contributed by atoms with Crippen LogP contribution in [0.15, 0.2) is 0 Å². The highest BCUT2D eigenvalue weighted by Gasteiger charge is 2.35. The SMILES string of the molecule is CC(C)(C)OC(=O)N1CCCC[C@H]1C(=O)NCC1CC1. The molecule has 20 heavy (non-hydrogen) atoms. The Morgan fingerprint density at radius 3 is 2.50 bits per heavy atom.